The maximum Gasteiger partial charge on any atom is 0.109 e. The van der Waals surface area contributed by atoms with Crippen molar-refractivity contribution >= 4 is 0 Å². The fourth-order valence-corrected chi connectivity index (χ4v) is 3.58. The van der Waals surface area contributed by atoms with E-state index in [0.717, 1.165) is 30.6 Å². The Hall–Kier alpha value is -0.760. The molecule has 0 bridgehead atoms. The van der Waals surface area contributed by atoms with E-state index in [2.05, 4.69) is 0 Å². The van der Waals surface area contributed by atoms with Crippen molar-refractivity contribution in [3.8, 4) is 0 Å². The molecule has 1 fully saturated rings. The van der Waals surface area contributed by atoms with Crippen molar-refractivity contribution in [2.24, 2.45) is 5.92 Å². The molecule has 1 heterocycles. The first-order valence-corrected chi connectivity index (χ1v) is 6.60. The number of hydrogen-bond acceptors (Lipinski definition) is 2. The van der Waals surface area contributed by atoms with Crippen LogP contribution < -0.4 is 0 Å². The summed E-state index contributed by atoms with van der Waals surface area (Å²) in [5, 5.41) is 11.0. The molecule has 2 heteroatoms. The summed E-state index contributed by atoms with van der Waals surface area (Å²) in [6, 6.07) is 1.99. The normalized spacial score (nSPS) is 31.3. The van der Waals surface area contributed by atoms with E-state index in [-0.39, 0.29) is 0 Å². The van der Waals surface area contributed by atoms with Gasteiger partial charge in [0.2, 0.25) is 0 Å². The standard InChI is InChI=1S/C14H20O2/c15-14(11-5-2-1-3-6-11)9-4-7-13-12(14)8-10-16-13/h8,10-11,15H,1-7,9H2. The minimum atomic E-state index is -0.582. The molecular formula is C14H20O2. The molecule has 0 amide bonds. The van der Waals surface area contributed by atoms with Crippen LogP contribution in [0.3, 0.4) is 0 Å². The molecule has 2 aliphatic rings. The molecule has 1 atom stereocenters. The molecule has 1 aromatic heterocycles. The van der Waals surface area contributed by atoms with E-state index >= 15 is 0 Å². The Kier molecular flexibility index (Phi) is 2.55. The Labute approximate surface area is 96.7 Å². The molecule has 1 aromatic rings. The highest BCUT2D eigenvalue weighted by atomic mass is 16.3. The van der Waals surface area contributed by atoms with Crippen LogP contribution in [-0.2, 0) is 12.0 Å². The van der Waals surface area contributed by atoms with Gasteiger partial charge in [0.05, 0.1) is 11.9 Å². The fourth-order valence-electron chi connectivity index (χ4n) is 3.58. The molecule has 2 nitrogen and oxygen atoms in total. The van der Waals surface area contributed by atoms with Crippen molar-refractivity contribution in [1.29, 1.82) is 0 Å². The topological polar surface area (TPSA) is 33.4 Å². The van der Waals surface area contributed by atoms with Gasteiger partial charge in [-0.2, -0.15) is 0 Å². The average Bonchev–Trinajstić information content (AvgIpc) is 2.80. The first-order valence-electron chi connectivity index (χ1n) is 6.60. The summed E-state index contributed by atoms with van der Waals surface area (Å²) >= 11 is 0. The summed E-state index contributed by atoms with van der Waals surface area (Å²) in [5.74, 6) is 1.48. The molecule has 0 aromatic carbocycles. The molecule has 2 aliphatic carbocycles. The third-order valence-electron chi connectivity index (χ3n) is 4.45. The van der Waals surface area contributed by atoms with Crippen molar-refractivity contribution in [3.05, 3.63) is 23.7 Å². The molecule has 0 spiro atoms. The third kappa shape index (κ3) is 1.51. The first-order chi connectivity index (χ1) is 7.81. The van der Waals surface area contributed by atoms with E-state index < -0.39 is 5.60 Å². The smallest absolute Gasteiger partial charge is 0.109 e. The van der Waals surface area contributed by atoms with E-state index in [1.54, 1.807) is 6.26 Å². The number of aryl methyl sites for hydroxylation is 1. The average molecular weight is 220 g/mol. The highest BCUT2D eigenvalue weighted by Gasteiger charge is 2.42. The van der Waals surface area contributed by atoms with E-state index in [1.165, 1.54) is 32.1 Å². The Bertz CT molecular complexity index is 363. The van der Waals surface area contributed by atoms with Crippen molar-refractivity contribution in [2.45, 2.75) is 57.0 Å². The lowest BCUT2D eigenvalue weighted by molar-refractivity contribution is -0.0541. The van der Waals surface area contributed by atoms with Gasteiger partial charge in [-0.15, -0.1) is 0 Å². The van der Waals surface area contributed by atoms with Crippen LogP contribution in [0.25, 0.3) is 0 Å². The van der Waals surface area contributed by atoms with Crippen molar-refractivity contribution in [3.63, 3.8) is 0 Å². The number of furan rings is 1. The van der Waals surface area contributed by atoms with Crippen LogP contribution in [-0.4, -0.2) is 5.11 Å². The number of hydrogen-bond donors (Lipinski definition) is 1. The van der Waals surface area contributed by atoms with E-state index in [4.69, 9.17) is 4.42 Å². The Morgan fingerprint density at radius 2 is 2.00 bits per heavy atom. The second-order valence-corrected chi connectivity index (χ2v) is 5.37. The van der Waals surface area contributed by atoms with Gasteiger partial charge in [0.25, 0.3) is 0 Å². The molecule has 88 valence electrons. The zero-order valence-electron chi connectivity index (χ0n) is 9.74. The second-order valence-electron chi connectivity index (χ2n) is 5.37. The summed E-state index contributed by atoms with van der Waals surface area (Å²) in [6.45, 7) is 0. The molecule has 1 N–H and O–H groups in total. The van der Waals surface area contributed by atoms with Gasteiger partial charge in [-0.1, -0.05) is 19.3 Å². The molecule has 3 rings (SSSR count). The molecule has 1 saturated carbocycles. The molecule has 0 saturated heterocycles. The summed E-state index contributed by atoms with van der Waals surface area (Å²) in [6.07, 6.45) is 11.0. The molecule has 0 radical (unpaired) electrons. The largest absolute Gasteiger partial charge is 0.469 e. The number of aliphatic hydroxyl groups is 1. The second kappa shape index (κ2) is 3.92. The lowest BCUT2D eigenvalue weighted by Gasteiger charge is -2.40. The SMILES string of the molecule is OC1(C2CCCCC2)CCCc2occc21. The highest BCUT2D eigenvalue weighted by Crippen LogP contribution is 2.46. The Morgan fingerprint density at radius 1 is 1.19 bits per heavy atom. The lowest BCUT2D eigenvalue weighted by atomic mass is 9.69. The zero-order valence-corrected chi connectivity index (χ0v) is 9.74. The van der Waals surface area contributed by atoms with Crippen LogP contribution >= 0.6 is 0 Å². The maximum atomic E-state index is 11.0. The van der Waals surface area contributed by atoms with Gasteiger partial charge >= 0.3 is 0 Å². The van der Waals surface area contributed by atoms with Gasteiger partial charge in [0, 0.05) is 12.0 Å². The van der Waals surface area contributed by atoms with Crippen LogP contribution in [0.1, 0.15) is 56.3 Å². The maximum absolute atomic E-state index is 11.0. The molecule has 1 unspecified atom stereocenters. The summed E-state index contributed by atoms with van der Waals surface area (Å²) in [4.78, 5) is 0. The lowest BCUT2D eigenvalue weighted by Crippen LogP contribution is -2.38. The summed E-state index contributed by atoms with van der Waals surface area (Å²) in [7, 11) is 0. The highest BCUT2D eigenvalue weighted by molar-refractivity contribution is 5.28. The Morgan fingerprint density at radius 3 is 2.81 bits per heavy atom. The predicted molar refractivity (Wildman–Crippen MR) is 62.1 cm³/mol. The summed E-state index contributed by atoms with van der Waals surface area (Å²) in [5.41, 5.74) is 0.506. The van der Waals surface area contributed by atoms with E-state index in [0.29, 0.717) is 5.92 Å². The quantitative estimate of drug-likeness (QED) is 0.787. The zero-order chi connectivity index (χ0) is 11.0. The third-order valence-corrected chi connectivity index (χ3v) is 4.45. The van der Waals surface area contributed by atoms with Gasteiger partial charge in [-0.05, 0) is 37.7 Å². The van der Waals surface area contributed by atoms with Gasteiger partial charge in [-0.25, -0.2) is 0 Å². The van der Waals surface area contributed by atoms with Crippen LogP contribution in [0.2, 0.25) is 0 Å². The van der Waals surface area contributed by atoms with Gasteiger partial charge < -0.3 is 9.52 Å². The van der Waals surface area contributed by atoms with Crippen LogP contribution in [0, 0.1) is 5.92 Å². The minimum Gasteiger partial charge on any atom is -0.469 e. The van der Waals surface area contributed by atoms with Crippen molar-refractivity contribution in [1.82, 2.24) is 0 Å². The van der Waals surface area contributed by atoms with Crippen molar-refractivity contribution in [2.75, 3.05) is 0 Å². The Balaban J connectivity index is 1.93. The molecule has 0 aliphatic heterocycles. The number of rotatable bonds is 1. The van der Waals surface area contributed by atoms with Crippen LogP contribution in [0.5, 0.6) is 0 Å². The fraction of sp³-hybridized carbons (Fsp3) is 0.714. The summed E-state index contributed by atoms with van der Waals surface area (Å²) < 4.78 is 5.48. The van der Waals surface area contributed by atoms with Gasteiger partial charge in [-0.3, -0.25) is 0 Å². The van der Waals surface area contributed by atoms with Crippen LogP contribution in [0.4, 0.5) is 0 Å². The first kappa shape index (κ1) is 10.4. The minimum absolute atomic E-state index is 0.456. The van der Waals surface area contributed by atoms with E-state index in [9.17, 15) is 5.11 Å². The van der Waals surface area contributed by atoms with Gasteiger partial charge in [0.1, 0.15) is 5.76 Å². The molecule has 16 heavy (non-hydrogen) atoms. The van der Waals surface area contributed by atoms with E-state index in [1.807, 2.05) is 6.07 Å². The monoisotopic (exact) mass is 220 g/mol. The molecular weight excluding hydrogens is 200 g/mol. The predicted octanol–water partition coefficient (Wildman–Crippen LogP) is 3.38. The van der Waals surface area contributed by atoms with Gasteiger partial charge in [0.15, 0.2) is 0 Å². The number of fused-ring (bicyclic) bond motifs is 1. The van der Waals surface area contributed by atoms with Crippen LogP contribution in [0.15, 0.2) is 16.7 Å². The van der Waals surface area contributed by atoms with Crippen molar-refractivity contribution < 1.29 is 9.52 Å².